The third kappa shape index (κ3) is 5.13. The van der Waals surface area contributed by atoms with E-state index in [2.05, 4.69) is 4.90 Å². The largest absolute Gasteiger partial charge is 0.382 e. The van der Waals surface area contributed by atoms with E-state index in [0.29, 0.717) is 65.5 Å². The van der Waals surface area contributed by atoms with Gasteiger partial charge < -0.3 is 14.4 Å². The number of hydrogen-bond donors (Lipinski definition) is 0. The number of fused-ring (bicyclic) bond motifs is 1. The summed E-state index contributed by atoms with van der Waals surface area (Å²) in [6, 6.07) is 5.44. The number of hydrogen-bond acceptors (Lipinski definition) is 8. The second-order valence-electron chi connectivity index (χ2n) is 8.13. The zero-order valence-corrected chi connectivity index (χ0v) is 20.7. The maximum atomic E-state index is 13.5. The van der Waals surface area contributed by atoms with Gasteiger partial charge in [-0.05, 0) is 45.4 Å². The Kier molecular flexibility index (Phi) is 7.48. The number of aromatic nitrogens is 2. The molecule has 0 radical (unpaired) electrons. The predicted octanol–water partition coefficient (Wildman–Crippen LogP) is 2.94. The lowest BCUT2D eigenvalue weighted by molar-refractivity contribution is -0.122. The number of ether oxygens (including phenoxy) is 2. The molecule has 2 fully saturated rings. The molecule has 0 N–H and O–H groups in total. The zero-order valence-electron chi connectivity index (χ0n) is 19.0. The number of pyridine rings is 1. The van der Waals surface area contributed by atoms with Crippen molar-refractivity contribution >= 4 is 51.7 Å². The molecular weight excluding hydrogens is 460 g/mol. The van der Waals surface area contributed by atoms with Gasteiger partial charge in [-0.15, -0.1) is 0 Å². The van der Waals surface area contributed by atoms with Gasteiger partial charge in [-0.2, -0.15) is 0 Å². The van der Waals surface area contributed by atoms with Crippen LogP contribution in [0.5, 0.6) is 0 Å². The van der Waals surface area contributed by atoms with Crippen molar-refractivity contribution in [1.29, 1.82) is 0 Å². The molecule has 8 nitrogen and oxygen atoms in total. The molecule has 2 unspecified atom stereocenters. The van der Waals surface area contributed by atoms with Crippen molar-refractivity contribution in [1.82, 2.24) is 14.3 Å². The fraction of sp³-hybridized carbons (Fsp3) is 0.478. The lowest BCUT2D eigenvalue weighted by atomic mass is 10.2. The van der Waals surface area contributed by atoms with Crippen molar-refractivity contribution in [2.24, 2.45) is 0 Å². The van der Waals surface area contributed by atoms with E-state index in [1.807, 2.05) is 26.8 Å². The quantitative estimate of drug-likeness (QED) is 0.335. The fourth-order valence-electron chi connectivity index (χ4n) is 4.10. The molecule has 10 heteroatoms. The SMILES string of the molecule is CCOCCCN1C(=O)/C(=C\c2c(N3CC(C)OC(C)C3)nc3ccccn3c2=O)SC1=S. The second-order valence-corrected chi connectivity index (χ2v) is 9.80. The van der Waals surface area contributed by atoms with Crippen LogP contribution in [-0.4, -0.2) is 69.6 Å². The number of rotatable bonds is 7. The van der Waals surface area contributed by atoms with Gasteiger partial charge in [0.05, 0.1) is 22.7 Å². The van der Waals surface area contributed by atoms with Crippen LogP contribution in [0.2, 0.25) is 0 Å². The van der Waals surface area contributed by atoms with Crippen LogP contribution >= 0.6 is 24.0 Å². The summed E-state index contributed by atoms with van der Waals surface area (Å²) in [5.74, 6) is 0.378. The van der Waals surface area contributed by atoms with E-state index >= 15 is 0 Å². The Balaban J connectivity index is 1.73. The van der Waals surface area contributed by atoms with E-state index in [9.17, 15) is 9.59 Å². The molecule has 1 amide bonds. The Morgan fingerprint density at radius 1 is 1.27 bits per heavy atom. The number of carbonyl (C=O) groups is 1. The first-order valence-corrected chi connectivity index (χ1v) is 12.4. The molecule has 0 bridgehead atoms. The van der Waals surface area contributed by atoms with E-state index in [1.54, 1.807) is 29.3 Å². The van der Waals surface area contributed by atoms with Crippen molar-refractivity contribution in [2.75, 3.05) is 37.7 Å². The molecule has 2 aliphatic heterocycles. The smallest absolute Gasteiger partial charge is 0.267 e. The number of amides is 1. The van der Waals surface area contributed by atoms with Gasteiger partial charge in [-0.3, -0.25) is 18.9 Å². The van der Waals surface area contributed by atoms with Gasteiger partial charge in [0.15, 0.2) is 0 Å². The lowest BCUT2D eigenvalue weighted by Crippen LogP contribution is -2.46. The zero-order chi connectivity index (χ0) is 23.5. The minimum atomic E-state index is -0.219. The van der Waals surface area contributed by atoms with E-state index in [-0.39, 0.29) is 23.7 Å². The Morgan fingerprint density at radius 2 is 2.03 bits per heavy atom. The van der Waals surface area contributed by atoms with Crippen molar-refractivity contribution in [2.45, 2.75) is 39.4 Å². The number of thiocarbonyl (C=S) groups is 1. The van der Waals surface area contributed by atoms with E-state index in [1.165, 1.54) is 16.2 Å². The molecule has 2 aromatic rings. The van der Waals surface area contributed by atoms with Gasteiger partial charge in [0, 0.05) is 39.0 Å². The molecule has 2 atom stereocenters. The number of nitrogens with zero attached hydrogens (tertiary/aromatic N) is 4. The predicted molar refractivity (Wildman–Crippen MR) is 135 cm³/mol. The van der Waals surface area contributed by atoms with Gasteiger partial charge >= 0.3 is 0 Å². The first-order chi connectivity index (χ1) is 15.9. The number of thioether (sulfide) groups is 1. The summed E-state index contributed by atoms with van der Waals surface area (Å²) in [7, 11) is 0. The van der Waals surface area contributed by atoms with Crippen LogP contribution in [0.1, 0.15) is 32.8 Å². The molecule has 2 saturated heterocycles. The third-order valence-corrected chi connectivity index (χ3v) is 6.87. The number of anilines is 1. The highest BCUT2D eigenvalue weighted by atomic mass is 32.2. The molecule has 0 saturated carbocycles. The average molecular weight is 489 g/mol. The van der Waals surface area contributed by atoms with Crippen LogP contribution in [0, 0.1) is 0 Å². The molecule has 33 heavy (non-hydrogen) atoms. The molecule has 0 aromatic carbocycles. The molecule has 0 spiro atoms. The molecular formula is C23H28N4O4S2. The summed E-state index contributed by atoms with van der Waals surface area (Å²) in [5.41, 5.74) is 0.726. The van der Waals surface area contributed by atoms with Crippen LogP contribution in [0.25, 0.3) is 11.7 Å². The molecule has 4 rings (SSSR count). The van der Waals surface area contributed by atoms with Gasteiger partial charge in [0.2, 0.25) is 0 Å². The summed E-state index contributed by atoms with van der Waals surface area (Å²) >= 11 is 6.67. The van der Waals surface area contributed by atoms with Crippen LogP contribution < -0.4 is 10.5 Å². The van der Waals surface area contributed by atoms with Crippen LogP contribution in [-0.2, 0) is 14.3 Å². The van der Waals surface area contributed by atoms with Crippen LogP contribution in [0.3, 0.4) is 0 Å². The first-order valence-electron chi connectivity index (χ1n) is 11.1. The maximum Gasteiger partial charge on any atom is 0.267 e. The summed E-state index contributed by atoms with van der Waals surface area (Å²) < 4.78 is 13.2. The van der Waals surface area contributed by atoms with Crippen molar-refractivity contribution in [3.8, 4) is 0 Å². The molecule has 2 aliphatic rings. The topological polar surface area (TPSA) is 76.4 Å². The minimum absolute atomic E-state index is 0.00109. The first kappa shape index (κ1) is 23.9. The van der Waals surface area contributed by atoms with Crippen molar-refractivity contribution < 1.29 is 14.3 Å². The highest BCUT2D eigenvalue weighted by Gasteiger charge is 2.33. The number of carbonyl (C=O) groups excluding carboxylic acids is 1. The van der Waals surface area contributed by atoms with E-state index < -0.39 is 0 Å². The Bertz CT molecular complexity index is 1140. The Labute approximate surface area is 202 Å². The molecule has 2 aromatic heterocycles. The van der Waals surface area contributed by atoms with E-state index in [4.69, 9.17) is 26.7 Å². The Morgan fingerprint density at radius 3 is 2.76 bits per heavy atom. The van der Waals surface area contributed by atoms with Gasteiger partial charge in [-0.1, -0.05) is 30.0 Å². The highest BCUT2D eigenvalue weighted by molar-refractivity contribution is 8.26. The summed E-state index contributed by atoms with van der Waals surface area (Å²) in [4.78, 5) is 35.5. The van der Waals surface area contributed by atoms with Gasteiger partial charge in [-0.25, -0.2) is 4.98 Å². The summed E-state index contributed by atoms with van der Waals surface area (Å²) in [6.07, 6.45) is 4.04. The standard InChI is InChI=1S/C23H28N4O4S2/c1-4-30-11-7-10-27-22(29)18(33-23(27)32)12-17-20(25-13-15(2)31-16(3)14-25)24-19-8-5-6-9-26(19)21(17)28/h5-6,8-9,12,15-16H,4,7,10-11,13-14H2,1-3H3/b18-12+. The molecule has 4 heterocycles. The molecule has 176 valence electrons. The third-order valence-electron chi connectivity index (χ3n) is 5.49. The van der Waals surface area contributed by atoms with Gasteiger partial charge in [0.1, 0.15) is 15.8 Å². The van der Waals surface area contributed by atoms with E-state index in [0.717, 1.165) is 0 Å². The Hall–Kier alpha value is -2.27. The molecule has 0 aliphatic carbocycles. The highest BCUT2D eigenvalue weighted by Crippen LogP contribution is 2.34. The summed E-state index contributed by atoms with van der Waals surface area (Å²) in [6.45, 7) is 8.86. The summed E-state index contributed by atoms with van der Waals surface area (Å²) in [5, 5.41) is 0. The second kappa shape index (κ2) is 10.3. The normalized spacial score (nSPS) is 22.7. The van der Waals surface area contributed by atoms with Crippen molar-refractivity contribution in [3.05, 3.63) is 45.2 Å². The van der Waals surface area contributed by atoms with Crippen molar-refractivity contribution in [3.63, 3.8) is 0 Å². The number of morpholine rings is 1. The van der Waals surface area contributed by atoms with Crippen LogP contribution in [0.4, 0.5) is 5.82 Å². The average Bonchev–Trinajstić information content (AvgIpc) is 3.05. The minimum Gasteiger partial charge on any atom is -0.382 e. The maximum absolute atomic E-state index is 13.5. The van der Waals surface area contributed by atoms with Crippen LogP contribution in [0.15, 0.2) is 34.1 Å². The lowest BCUT2D eigenvalue weighted by Gasteiger charge is -2.36. The monoisotopic (exact) mass is 488 g/mol. The van der Waals surface area contributed by atoms with Gasteiger partial charge in [0.25, 0.3) is 11.5 Å². The fourth-order valence-corrected chi connectivity index (χ4v) is 5.39.